The number of carboxylic acids is 1. The number of nitrogens with zero attached hydrogens (tertiary/aromatic N) is 1. The van der Waals surface area contributed by atoms with Gasteiger partial charge in [0.1, 0.15) is 0 Å². The third kappa shape index (κ3) is 2.20. The van der Waals surface area contributed by atoms with Crippen molar-refractivity contribution in [3.05, 3.63) is 24.0 Å². The van der Waals surface area contributed by atoms with Crippen molar-refractivity contribution in [2.75, 3.05) is 5.73 Å². The number of rotatable bonds is 3. The smallest absolute Gasteiger partial charge is 0.305 e. The van der Waals surface area contributed by atoms with Crippen molar-refractivity contribution in [3.63, 3.8) is 0 Å². The summed E-state index contributed by atoms with van der Waals surface area (Å²) in [5, 5.41) is 8.66. The average Bonchev–Trinajstić information content (AvgIpc) is 2.02. The standard InChI is InChI=1S/C9H13N3O2/c1-9(11,4-8(13)14)6-5-12-3-2-7(6)10/h2-3,5H,4,11H2,1H3,(H2,10,12)(H,13,14). The molecule has 14 heavy (non-hydrogen) atoms. The van der Waals surface area contributed by atoms with Gasteiger partial charge in [-0.15, -0.1) is 0 Å². The minimum absolute atomic E-state index is 0.178. The maximum atomic E-state index is 10.6. The van der Waals surface area contributed by atoms with Crippen LogP contribution in [0.1, 0.15) is 18.9 Å². The molecule has 0 aromatic carbocycles. The minimum Gasteiger partial charge on any atom is -0.481 e. The van der Waals surface area contributed by atoms with E-state index in [9.17, 15) is 4.79 Å². The van der Waals surface area contributed by atoms with Crippen LogP contribution in [0.5, 0.6) is 0 Å². The van der Waals surface area contributed by atoms with Crippen molar-refractivity contribution in [3.8, 4) is 0 Å². The van der Waals surface area contributed by atoms with Gasteiger partial charge in [-0.25, -0.2) is 0 Å². The van der Waals surface area contributed by atoms with E-state index >= 15 is 0 Å². The van der Waals surface area contributed by atoms with Gasteiger partial charge in [0.15, 0.2) is 0 Å². The summed E-state index contributed by atoms with van der Waals surface area (Å²) in [5.41, 5.74) is 11.5. The minimum atomic E-state index is -0.982. The lowest BCUT2D eigenvalue weighted by Crippen LogP contribution is -2.36. The van der Waals surface area contributed by atoms with Crippen LogP contribution in [-0.2, 0) is 10.3 Å². The van der Waals surface area contributed by atoms with Gasteiger partial charge >= 0.3 is 5.97 Å². The Bertz CT molecular complexity index is 350. The van der Waals surface area contributed by atoms with Gasteiger partial charge in [0.05, 0.1) is 12.0 Å². The first-order valence-electron chi connectivity index (χ1n) is 4.14. The lowest BCUT2D eigenvalue weighted by molar-refractivity contribution is -0.138. The Balaban J connectivity index is 3.03. The number of aromatic nitrogens is 1. The first-order valence-corrected chi connectivity index (χ1v) is 4.14. The van der Waals surface area contributed by atoms with Crippen LogP contribution >= 0.6 is 0 Å². The lowest BCUT2D eigenvalue weighted by Gasteiger charge is -2.23. The zero-order chi connectivity index (χ0) is 10.8. The number of nitrogen functional groups attached to an aromatic ring is 1. The molecule has 5 nitrogen and oxygen atoms in total. The molecule has 0 fully saturated rings. The fourth-order valence-corrected chi connectivity index (χ4v) is 1.29. The maximum Gasteiger partial charge on any atom is 0.305 e. The molecule has 0 bridgehead atoms. The van der Waals surface area contributed by atoms with Gasteiger partial charge in [-0.3, -0.25) is 9.78 Å². The van der Waals surface area contributed by atoms with E-state index in [1.165, 1.54) is 12.4 Å². The van der Waals surface area contributed by atoms with E-state index in [1.807, 2.05) is 0 Å². The van der Waals surface area contributed by atoms with Crippen LogP contribution in [-0.4, -0.2) is 16.1 Å². The first kappa shape index (κ1) is 10.5. The highest BCUT2D eigenvalue weighted by molar-refractivity contribution is 5.69. The quantitative estimate of drug-likeness (QED) is 0.644. The van der Waals surface area contributed by atoms with Crippen LogP contribution in [0.25, 0.3) is 0 Å². The summed E-state index contributed by atoms with van der Waals surface area (Å²) >= 11 is 0. The van der Waals surface area contributed by atoms with Gasteiger partial charge < -0.3 is 16.6 Å². The van der Waals surface area contributed by atoms with Crippen molar-refractivity contribution in [1.29, 1.82) is 0 Å². The monoisotopic (exact) mass is 195 g/mol. The summed E-state index contributed by atoms with van der Waals surface area (Å²) in [6.45, 7) is 1.62. The Morgan fingerprint density at radius 1 is 1.71 bits per heavy atom. The van der Waals surface area contributed by atoms with E-state index < -0.39 is 11.5 Å². The topological polar surface area (TPSA) is 102 Å². The second-order valence-electron chi connectivity index (χ2n) is 3.45. The number of nitrogens with two attached hydrogens (primary N) is 2. The number of anilines is 1. The molecule has 0 aliphatic rings. The molecule has 0 aliphatic heterocycles. The number of carbonyl (C=O) groups is 1. The van der Waals surface area contributed by atoms with Crippen LogP contribution in [0.3, 0.4) is 0 Å². The SMILES string of the molecule is CC(N)(CC(=O)O)c1cnccc1N. The number of pyridine rings is 1. The van der Waals surface area contributed by atoms with Crippen LogP contribution in [0.4, 0.5) is 5.69 Å². The number of carboxylic acid groups (broad SMARTS) is 1. The maximum absolute atomic E-state index is 10.6. The molecule has 0 saturated carbocycles. The molecule has 0 aliphatic carbocycles. The molecule has 1 aromatic heterocycles. The van der Waals surface area contributed by atoms with E-state index in [0.29, 0.717) is 11.3 Å². The zero-order valence-electron chi connectivity index (χ0n) is 7.90. The first-order chi connectivity index (χ1) is 6.43. The van der Waals surface area contributed by atoms with Crippen molar-refractivity contribution in [1.82, 2.24) is 4.98 Å². The Labute approximate surface area is 81.7 Å². The third-order valence-electron chi connectivity index (χ3n) is 1.99. The second-order valence-corrected chi connectivity index (χ2v) is 3.45. The number of aliphatic carboxylic acids is 1. The molecule has 0 saturated heterocycles. The van der Waals surface area contributed by atoms with Gasteiger partial charge in [-0.1, -0.05) is 0 Å². The number of hydrogen-bond donors (Lipinski definition) is 3. The summed E-state index contributed by atoms with van der Waals surface area (Å²) in [4.78, 5) is 14.4. The number of hydrogen-bond acceptors (Lipinski definition) is 4. The molecule has 5 N–H and O–H groups in total. The predicted molar refractivity (Wildman–Crippen MR) is 52.4 cm³/mol. The highest BCUT2D eigenvalue weighted by Crippen LogP contribution is 2.25. The molecule has 1 unspecified atom stereocenters. The fraction of sp³-hybridized carbons (Fsp3) is 0.333. The van der Waals surface area contributed by atoms with E-state index in [4.69, 9.17) is 16.6 Å². The normalized spacial score (nSPS) is 14.7. The zero-order valence-corrected chi connectivity index (χ0v) is 7.90. The van der Waals surface area contributed by atoms with Gasteiger partial charge in [0.25, 0.3) is 0 Å². The fourth-order valence-electron chi connectivity index (χ4n) is 1.29. The molecule has 1 rings (SSSR count). The second kappa shape index (κ2) is 3.63. The average molecular weight is 195 g/mol. The lowest BCUT2D eigenvalue weighted by atomic mass is 9.90. The van der Waals surface area contributed by atoms with Gasteiger partial charge in [0, 0.05) is 23.6 Å². The Kier molecular flexibility index (Phi) is 2.71. The van der Waals surface area contributed by atoms with Crippen molar-refractivity contribution in [2.45, 2.75) is 18.9 Å². The summed E-state index contributed by atoms with van der Waals surface area (Å²) < 4.78 is 0. The molecular weight excluding hydrogens is 182 g/mol. The molecule has 1 atom stereocenters. The van der Waals surface area contributed by atoms with E-state index in [0.717, 1.165) is 0 Å². The predicted octanol–water partition coefficient (Wildman–Crippen LogP) is 0.312. The van der Waals surface area contributed by atoms with Crippen LogP contribution in [0.15, 0.2) is 18.5 Å². The highest BCUT2D eigenvalue weighted by atomic mass is 16.4. The van der Waals surface area contributed by atoms with Crippen molar-refractivity contribution < 1.29 is 9.90 Å². The molecule has 76 valence electrons. The van der Waals surface area contributed by atoms with Crippen molar-refractivity contribution >= 4 is 11.7 Å². The molecule has 1 heterocycles. The Hall–Kier alpha value is -1.62. The van der Waals surface area contributed by atoms with Gasteiger partial charge in [-0.05, 0) is 13.0 Å². The molecule has 0 radical (unpaired) electrons. The van der Waals surface area contributed by atoms with E-state index in [-0.39, 0.29) is 6.42 Å². The summed E-state index contributed by atoms with van der Waals surface area (Å²) in [6.07, 6.45) is 2.86. The molecular formula is C9H13N3O2. The summed E-state index contributed by atoms with van der Waals surface area (Å²) in [7, 11) is 0. The van der Waals surface area contributed by atoms with Gasteiger partial charge in [-0.2, -0.15) is 0 Å². The Morgan fingerprint density at radius 2 is 2.36 bits per heavy atom. The van der Waals surface area contributed by atoms with Crippen LogP contribution < -0.4 is 11.5 Å². The Morgan fingerprint density at radius 3 is 2.86 bits per heavy atom. The largest absolute Gasteiger partial charge is 0.481 e. The van der Waals surface area contributed by atoms with E-state index in [1.54, 1.807) is 13.0 Å². The summed E-state index contributed by atoms with van der Waals surface area (Å²) in [5.74, 6) is -0.960. The molecule has 1 aromatic rings. The van der Waals surface area contributed by atoms with Gasteiger partial charge in [0.2, 0.25) is 0 Å². The highest BCUT2D eigenvalue weighted by Gasteiger charge is 2.26. The molecule has 0 amide bonds. The van der Waals surface area contributed by atoms with Crippen molar-refractivity contribution in [2.24, 2.45) is 5.73 Å². The summed E-state index contributed by atoms with van der Waals surface area (Å²) in [6, 6.07) is 1.60. The van der Waals surface area contributed by atoms with E-state index in [2.05, 4.69) is 4.98 Å². The molecule has 5 heteroatoms. The van der Waals surface area contributed by atoms with Crippen LogP contribution in [0, 0.1) is 0 Å². The van der Waals surface area contributed by atoms with Crippen LogP contribution in [0.2, 0.25) is 0 Å². The third-order valence-corrected chi connectivity index (χ3v) is 1.99. The molecule has 0 spiro atoms.